The van der Waals surface area contributed by atoms with E-state index >= 15 is 0 Å². The van der Waals surface area contributed by atoms with Crippen LogP contribution in [-0.4, -0.2) is 35.3 Å². The number of nitrogens with zero attached hydrogens (tertiary/aromatic N) is 2. The van der Waals surface area contributed by atoms with Gasteiger partial charge in [0.05, 0.1) is 18.7 Å². The second-order valence-corrected chi connectivity index (χ2v) is 4.61. The molecular formula is C14H15N3O3. The molecule has 1 atom stereocenters. The van der Waals surface area contributed by atoms with Crippen LogP contribution in [0.1, 0.15) is 12.0 Å². The Balaban J connectivity index is 2.04. The molecule has 2 aromatic rings. The third-order valence-corrected chi connectivity index (χ3v) is 3.25. The van der Waals surface area contributed by atoms with Crippen molar-refractivity contribution in [2.75, 3.05) is 13.2 Å². The molecule has 1 aliphatic heterocycles. The lowest BCUT2D eigenvalue weighted by Gasteiger charge is -2.13. The topological polar surface area (TPSA) is 90.0 Å². The van der Waals surface area contributed by atoms with Gasteiger partial charge in [-0.25, -0.2) is 4.98 Å². The monoisotopic (exact) mass is 273 g/mol. The second kappa shape index (κ2) is 5.34. The van der Waals surface area contributed by atoms with E-state index < -0.39 is 0 Å². The average Bonchev–Trinajstić information content (AvgIpc) is 2.98. The van der Waals surface area contributed by atoms with Crippen LogP contribution in [0.2, 0.25) is 0 Å². The Labute approximate surface area is 115 Å². The van der Waals surface area contributed by atoms with Crippen LogP contribution >= 0.6 is 0 Å². The van der Waals surface area contributed by atoms with Crippen LogP contribution in [0.25, 0.3) is 10.9 Å². The van der Waals surface area contributed by atoms with E-state index in [9.17, 15) is 0 Å². The van der Waals surface area contributed by atoms with Crippen LogP contribution in [0, 0.1) is 0 Å². The highest BCUT2D eigenvalue weighted by Gasteiger charge is 2.19. The van der Waals surface area contributed by atoms with Gasteiger partial charge in [-0.3, -0.25) is 0 Å². The molecule has 3 rings (SSSR count). The predicted molar refractivity (Wildman–Crippen MR) is 74.1 cm³/mol. The smallest absolute Gasteiger partial charge is 0.214 e. The summed E-state index contributed by atoms with van der Waals surface area (Å²) in [5.74, 6) is 0.497. The zero-order chi connectivity index (χ0) is 13.9. The van der Waals surface area contributed by atoms with Crippen LogP contribution in [0.5, 0.6) is 5.88 Å². The molecule has 0 bridgehead atoms. The summed E-state index contributed by atoms with van der Waals surface area (Å²) in [7, 11) is 0. The van der Waals surface area contributed by atoms with Gasteiger partial charge in [-0.2, -0.15) is 0 Å². The maximum absolute atomic E-state index is 8.90. The summed E-state index contributed by atoms with van der Waals surface area (Å²) in [6, 6.07) is 9.19. The van der Waals surface area contributed by atoms with Gasteiger partial charge < -0.3 is 20.4 Å². The van der Waals surface area contributed by atoms with Gasteiger partial charge in [-0.15, -0.1) is 0 Å². The molecule has 0 saturated carbocycles. The third kappa shape index (κ3) is 2.37. The Kier molecular flexibility index (Phi) is 3.39. The lowest BCUT2D eigenvalue weighted by atomic mass is 10.1. The van der Waals surface area contributed by atoms with E-state index in [1.54, 1.807) is 6.07 Å². The van der Waals surface area contributed by atoms with Gasteiger partial charge in [0.25, 0.3) is 0 Å². The quantitative estimate of drug-likeness (QED) is 0.383. The number of rotatable bonds is 3. The van der Waals surface area contributed by atoms with Gasteiger partial charge >= 0.3 is 0 Å². The molecule has 1 aromatic carbocycles. The number of pyridine rings is 1. The minimum Gasteiger partial charge on any atom is -0.472 e. The predicted octanol–water partition coefficient (Wildman–Crippen LogP) is 1.50. The first-order valence-corrected chi connectivity index (χ1v) is 6.40. The molecule has 1 aliphatic rings. The van der Waals surface area contributed by atoms with Crippen molar-refractivity contribution >= 4 is 16.7 Å². The van der Waals surface area contributed by atoms with Crippen molar-refractivity contribution in [1.82, 2.24) is 4.98 Å². The zero-order valence-electron chi connectivity index (χ0n) is 10.8. The minimum atomic E-state index is 0.00352. The number of para-hydroxylation sites is 1. The van der Waals surface area contributed by atoms with Gasteiger partial charge in [0.1, 0.15) is 6.10 Å². The fraction of sp³-hybridized carbons (Fsp3) is 0.286. The lowest BCUT2D eigenvalue weighted by molar-refractivity contribution is 0.138. The second-order valence-electron chi connectivity index (χ2n) is 4.61. The maximum atomic E-state index is 8.90. The van der Waals surface area contributed by atoms with Crippen molar-refractivity contribution < 1.29 is 14.7 Å². The van der Waals surface area contributed by atoms with E-state index in [0.717, 1.165) is 17.3 Å². The van der Waals surface area contributed by atoms with Crippen LogP contribution in [0.4, 0.5) is 0 Å². The molecule has 0 aliphatic carbocycles. The first-order valence-electron chi connectivity index (χ1n) is 6.40. The molecule has 3 N–H and O–H groups in total. The standard InChI is InChI=1S/C14H15N3O3/c15-14(17-18)11-7-13(20-9-5-6-19-8-9)16-12-4-2-1-3-10(11)12/h1-4,7,9,18H,5-6,8H2,(H2,15,17). The van der Waals surface area contributed by atoms with E-state index in [-0.39, 0.29) is 11.9 Å². The molecule has 1 fully saturated rings. The summed E-state index contributed by atoms with van der Waals surface area (Å²) in [5.41, 5.74) is 7.07. The van der Waals surface area contributed by atoms with E-state index in [0.29, 0.717) is 24.7 Å². The van der Waals surface area contributed by atoms with E-state index in [1.807, 2.05) is 24.3 Å². The van der Waals surface area contributed by atoms with Gasteiger partial charge in [-0.1, -0.05) is 23.4 Å². The molecule has 1 unspecified atom stereocenters. The summed E-state index contributed by atoms with van der Waals surface area (Å²) < 4.78 is 11.1. The normalized spacial score (nSPS) is 19.4. The number of oxime groups is 1. The lowest BCUT2D eigenvalue weighted by Crippen LogP contribution is -2.18. The Bertz CT molecular complexity index is 651. The minimum absolute atomic E-state index is 0.00352. The number of amidine groups is 1. The third-order valence-electron chi connectivity index (χ3n) is 3.25. The van der Waals surface area contributed by atoms with Crippen LogP contribution < -0.4 is 10.5 Å². The number of hydrogen-bond acceptors (Lipinski definition) is 5. The molecule has 2 heterocycles. The summed E-state index contributed by atoms with van der Waals surface area (Å²) in [6.45, 7) is 1.26. The first kappa shape index (κ1) is 12.7. The molecule has 20 heavy (non-hydrogen) atoms. The number of fused-ring (bicyclic) bond motifs is 1. The van der Waals surface area contributed by atoms with Gasteiger partial charge in [0.2, 0.25) is 5.88 Å². The molecule has 6 nitrogen and oxygen atoms in total. The molecule has 0 amide bonds. The highest BCUT2D eigenvalue weighted by atomic mass is 16.5. The molecule has 0 spiro atoms. The molecule has 0 radical (unpaired) electrons. The zero-order valence-corrected chi connectivity index (χ0v) is 10.8. The summed E-state index contributed by atoms with van der Waals surface area (Å²) in [6.07, 6.45) is 0.844. The van der Waals surface area contributed by atoms with Crippen molar-refractivity contribution in [3.63, 3.8) is 0 Å². The van der Waals surface area contributed by atoms with Crippen LogP contribution in [-0.2, 0) is 4.74 Å². The number of nitrogens with two attached hydrogens (primary N) is 1. The van der Waals surface area contributed by atoms with E-state index in [4.69, 9.17) is 20.4 Å². The molecule has 104 valence electrons. The van der Waals surface area contributed by atoms with Gasteiger partial charge in [0.15, 0.2) is 5.84 Å². The largest absolute Gasteiger partial charge is 0.472 e. The Morgan fingerprint density at radius 3 is 3.05 bits per heavy atom. The van der Waals surface area contributed by atoms with Crippen molar-refractivity contribution in [2.45, 2.75) is 12.5 Å². The molecule has 6 heteroatoms. The van der Waals surface area contributed by atoms with E-state index in [2.05, 4.69) is 10.1 Å². The fourth-order valence-electron chi connectivity index (χ4n) is 2.25. The Hall–Kier alpha value is -2.34. The summed E-state index contributed by atoms with van der Waals surface area (Å²) in [4.78, 5) is 4.45. The van der Waals surface area contributed by atoms with E-state index in [1.165, 1.54) is 0 Å². The van der Waals surface area contributed by atoms with Crippen LogP contribution in [0.15, 0.2) is 35.5 Å². The number of benzene rings is 1. The highest BCUT2D eigenvalue weighted by molar-refractivity contribution is 6.08. The summed E-state index contributed by atoms with van der Waals surface area (Å²) in [5, 5.41) is 12.8. The van der Waals surface area contributed by atoms with Gasteiger partial charge in [0, 0.05) is 23.4 Å². The maximum Gasteiger partial charge on any atom is 0.214 e. The first-order chi connectivity index (χ1) is 9.78. The highest BCUT2D eigenvalue weighted by Crippen LogP contribution is 2.23. The number of ether oxygens (including phenoxy) is 2. The average molecular weight is 273 g/mol. The van der Waals surface area contributed by atoms with Crippen molar-refractivity contribution in [2.24, 2.45) is 10.9 Å². The Morgan fingerprint density at radius 2 is 2.30 bits per heavy atom. The number of hydrogen-bond donors (Lipinski definition) is 2. The van der Waals surface area contributed by atoms with Crippen molar-refractivity contribution in [3.05, 3.63) is 35.9 Å². The fourth-order valence-corrected chi connectivity index (χ4v) is 2.25. The Morgan fingerprint density at radius 1 is 1.45 bits per heavy atom. The van der Waals surface area contributed by atoms with Crippen molar-refractivity contribution in [1.29, 1.82) is 0 Å². The molecule has 1 aromatic heterocycles. The van der Waals surface area contributed by atoms with Gasteiger partial charge in [-0.05, 0) is 6.07 Å². The van der Waals surface area contributed by atoms with Crippen molar-refractivity contribution in [3.8, 4) is 5.88 Å². The molecular weight excluding hydrogens is 258 g/mol. The number of aromatic nitrogens is 1. The SMILES string of the molecule is NC(=NO)c1cc(OC2CCOC2)nc2ccccc12. The molecule has 1 saturated heterocycles. The van der Waals surface area contributed by atoms with Crippen LogP contribution in [0.3, 0.4) is 0 Å². The summed E-state index contributed by atoms with van der Waals surface area (Å²) >= 11 is 0.